The maximum atomic E-state index is 10.9. The van der Waals surface area contributed by atoms with Gasteiger partial charge in [0.1, 0.15) is 10.1 Å². The number of aryl methyl sites for hydroxylation is 1. The lowest BCUT2D eigenvalue weighted by Crippen LogP contribution is -2.17. The first kappa shape index (κ1) is 11.7. The highest BCUT2D eigenvalue weighted by Crippen LogP contribution is 2.30. The zero-order chi connectivity index (χ0) is 12.7. The van der Waals surface area contributed by atoms with E-state index < -0.39 is 12.0 Å². The number of hydrogen-bond acceptors (Lipinski definition) is 5. The van der Waals surface area contributed by atoms with Crippen LogP contribution in [0.1, 0.15) is 10.6 Å². The van der Waals surface area contributed by atoms with Crippen molar-refractivity contribution < 1.29 is 9.90 Å². The molecule has 1 atom stereocenters. The zero-order valence-electron chi connectivity index (χ0n) is 9.58. The van der Waals surface area contributed by atoms with E-state index in [4.69, 9.17) is 5.11 Å². The molecular formula is C12H10N2O2S2. The van der Waals surface area contributed by atoms with Gasteiger partial charge in [-0.15, -0.1) is 23.1 Å². The molecule has 0 spiro atoms. The molecule has 0 bridgehead atoms. The standard InChI is InChI=1S/C12H10N2O2S2/c1-6-2-3-9-7(4-6)13-11(18-9)10-14-8(5-17-10)12(15)16/h2-4,8H,5H2,1H3,(H,15,16). The van der Waals surface area contributed by atoms with E-state index in [1.54, 1.807) is 11.3 Å². The summed E-state index contributed by atoms with van der Waals surface area (Å²) in [6.45, 7) is 2.03. The lowest BCUT2D eigenvalue weighted by atomic mass is 10.2. The molecule has 1 aliphatic heterocycles. The second-order valence-electron chi connectivity index (χ2n) is 4.09. The molecule has 0 aliphatic carbocycles. The van der Waals surface area contributed by atoms with Crippen molar-refractivity contribution in [3.8, 4) is 0 Å². The number of hydrogen-bond donors (Lipinski definition) is 1. The first-order valence-corrected chi connectivity index (χ1v) is 7.24. The minimum Gasteiger partial charge on any atom is -0.480 e. The van der Waals surface area contributed by atoms with Gasteiger partial charge in [-0.25, -0.2) is 9.78 Å². The molecule has 0 fully saturated rings. The maximum absolute atomic E-state index is 10.9. The first-order chi connectivity index (χ1) is 8.63. The molecule has 0 saturated heterocycles. The van der Waals surface area contributed by atoms with Crippen molar-refractivity contribution in [3.63, 3.8) is 0 Å². The number of aliphatic imine (C=N–C) groups is 1. The minimum atomic E-state index is -0.866. The van der Waals surface area contributed by atoms with Crippen molar-refractivity contribution in [2.45, 2.75) is 13.0 Å². The van der Waals surface area contributed by atoms with Gasteiger partial charge in [0, 0.05) is 5.75 Å². The van der Waals surface area contributed by atoms with Gasteiger partial charge in [0.25, 0.3) is 0 Å². The second kappa shape index (κ2) is 4.37. The van der Waals surface area contributed by atoms with Gasteiger partial charge in [-0.3, -0.25) is 4.99 Å². The van der Waals surface area contributed by atoms with E-state index in [-0.39, 0.29) is 0 Å². The smallest absolute Gasteiger partial charge is 0.329 e. The fourth-order valence-electron chi connectivity index (χ4n) is 1.75. The molecule has 4 nitrogen and oxygen atoms in total. The van der Waals surface area contributed by atoms with Gasteiger partial charge in [-0.2, -0.15) is 0 Å². The zero-order valence-corrected chi connectivity index (χ0v) is 11.2. The van der Waals surface area contributed by atoms with E-state index in [2.05, 4.69) is 9.98 Å². The number of aliphatic carboxylic acids is 1. The van der Waals surface area contributed by atoms with Crippen LogP contribution in [0.4, 0.5) is 0 Å². The summed E-state index contributed by atoms with van der Waals surface area (Å²) in [6.07, 6.45) is 0. The minimum absolute atomic E-state index is 0.500. The highest BCUT2D eigenvalue weighted by Gasteiger charge is 2.26. The molecule has 6 heteroatoms. The van der Waals surface area contributed by atoms with E-state index >= 15 is 0 Å². The Morgan fingerprint density at radius 3 is 3.06 bits per heavy atom. The third-order valence-corrected chi connectivity index (χ3v) is 4.89. The third kappa shape index (κ3) is 2.02. The van der Waals surface area contributed by atoms with Crippen LogP contribution in [0, 0.1) is 6.92 Å². The molecule has 2 heterocycles. The average Bonchev–Trinajstić information content (AvgIpc) is 2.93. The summed E-state index contributed by atoms with van der Waals surface area (Å²) >= 11 is 3.03. The largest absolute Gasteiger partial charge is 0.480 e. The summed E-state index contributed by atoms with van der Waals surface area (Å²) in [5.41, 5.74) is 2.13. The molecule has 0 saturated carbocycles. The van der Waals surface area contributed by atoms with Gasteiger partial charge in [-0.05, 0) is 24.6 Å². The van der Waals surface area contributed by atoms with Gasteiger partial charge in [0.05, 0.1) is 10.2 Å². The first-order valence-electron chi connectivity index (χ1n) is 5.44. The van der Waals surface area contributed by atoms with Crippen LogP contribution in [0.15, 0.2) is 23.2 Å². The molecule has 0 radical (unpaired) electrons. The summed E-state index contributed by atoms with van der Waals surface area (Å²) in [5.74, 6) is -0.367. The number of carboxylic acids is 1. The van der Waals surface area contributed by atoms with E-state index in [9.17, 15) is 4.79 Å². The Kier molecular flexibility index (Phi) is 2.83. The Bertz CT molecular complexity index is 663. The van der Waals surface area contributed by atoms with Crippen LogP contribution in [0.25, 0.3) is 10.2 Å². The average molecular weight is 278 g/mol. The molecular weight excluding hydrogens is 268 g/mol. The Morgan fingerprint density at radius 2 is 2.33 bits per heavy atom. The molecule has 1 aromatic carbocycles. The number of carbonyl (C=O) groups is 1. The van der Waals surface area contributed by atoms with Gasteiger partial charge in [0.2, 0.25) is 0 Å². The van der Waals surface area contributed by atoms with Gasteiger partial charge in [0.15, 0.2) is 6.04 Å². The predicted octanol–water partition coefficient (Wildman–Crippen LogP) is 2.55. The van der Waals surface area contributed by atoms with E-state index in [1.807, 2.05) is 25.1 Å². The highest BCUT2D eigenvalue weighted by atomic mass is 32.2. The van der Waals surface area contributed by atoms with Crippen molar-refractivity contribution in [3.05, 3.63) is 28.8 Å². The van der Waals surface area contributed by atoms with E-state index in [0.717, 1.165) is 20.3 Å². The van der Waals surface area contributed by atoms with Crippen LogP contribution in [0.2, 0.25) is 0 Å². The Hall–Kier alpha value is -1.40. The van der Waals surface area contributed by atoms with E-state index in [1.165, 1.54) is 17.3 Å². The number of benzene rings is 1. The van der Waals surface area contributed by atoms with Crippen molar-refractivity contribution in [1.29, 1.82) is 0 Å². The van der Waals surface area contributed by atoms with Crippen LogP contribution in [0.3, 0.4) is 0 Å². The summed E-state index contributed by atoms with van der Waals surface area (Å²) in [4.78, 5) is 19.6. The van der Waals surface area contributed by atoms with Crippen molar-refractivity contribution in [2.24, 2.45) is 4.99 Å². The topological polar surface area (TPSA) is 62.5 Å². The molecule has 1 aliphatic rings. The van der Waals surface area contributed by atoms with Crippen LogP contribution in [-0.2, 0) is 4.79 Å². The molecule has 1 unspecified atom stereocenters. The molecule has 18 heavy (non-hydrogen) atoms. The molecule has 3 rings (SSSR count). The monoisotopic (exact) mass is 278 g/mol. The fourth-order valence-corrected chi connectivity index (χ4v) is 3.79. The van der Waals surface area contributed by atoms with Crippen molar-refractivity contribution >= 4 is 44.3 Å². The van der Waals surface area contributed by atoms with Gasteiger partial charge >= 0.3 is 5.97 Å². The number of carboxylic acid groups (broad SMARTS) is 1. The Labute approximate surface area is 112 Å². The van der Waals surface area contributed by atoms with Crippen molar-refractivity contribution in [2.75, 3.05) is 5.75 Å². The number of aromatic nitrogens is 1. The lowest BCUT2D eigenvalue weighted by molar-refractivity contribution is -0.137. The quantitative estimate of drug-likeness (QED) is 0.917. The Balaban J connectivity index is 2.00. The highest BCUT2D eigenvalue weighted by molar-refractivity contribution is 8.15. The van der Waals surface area contributed by atoms with Crippen molar-refractivity contribution in [1.82, 2.24) is 4.98 Å². The number of fused-ring (bicyclic) bond motifs is 1. The van der Waals surface area contributed by atoms with Gasteiger partial charge in [-0.1, -0.05) is 6.07 Å². The SMILES string of the molecule is Cc1ccc2sc(C3=NC(C(=O)O)CS3)nc2c1. The summed E-state index contributed by atoms with van der Waals surface area (Å²) in [6, 6.07) is 5.50. The summed E-state index contributed by atoms with van der Waals surface area (Å²) in [7, 11) is 0. The van der Waals surface area contributed by atoms with Crippen LogP contribution >= 0.6 is 23.1 Å². The Morgan fingerprint density at radius 1 is 1.50 bits per heavy atom. The summed E-state index contributed by atoms with van der Waals surface area (Å²) in [5, 5.41) is 10.5. The normalized spacial score (nSPS) is 19.2. The number of nitrogens with zero attached hydrogens (tertiary/aromatic N) is 2. The third-order valence-electron chi connectivity index (χ3n) is 2.66. The molecule has 1 aromatic heterocycles. The molecule has 1 N–H and O–H groups in total. The van der Waals surface area contributed by atoms with Crippen LogP contribution in [-0.4, -0.2) is 32.9 Å². The van der Waals surface area contributed by atoms with Crippen LogP contribution < -0.4 is 0 Å². The summed E-state index contributed by atoms with van der Waals surface area (Å²) < 4.78 is 1.11. The lowest BCUT2D eigenvalue weighted by Gasteiger charge is -1.93. The number of thiazole rings is 1. The second-order valence-corrected chi connectivity index (χ2v) is 6.13. The maximum Gasteiger partial charge on any atom is 0.329 e. The van der Waals surface area contributed by atoms with Crippen LogP contribution in [0.5, 0.6) is 0 Å². The molecule has 92 valence electrons. The van der Waals surface area contributed by atoms with E-state index in [0.29, 0.717) is 5.75 Å². The predicted molar refractivity (Wildman–Crippen MR) is 74.8 cm³/mol. The number of rotatable bonds is 2. The number of thioether (sulfide) groups is 1. The fraction of sp³-hybridized carbons (Fsp3) is 0.250. The molecule has 0 amide bonds. The van der Waals surface area contributed by atoms with Gasteiger partial charge < -0.3 is 5.11 Å². The molecule has 2 aromatic rings.